The van der Waals surface area contributed by atoms with Crippen LogP contribution in [-0.2, 0) is 10.8 Å². The number of nitrogens with one attached hydrogen (secondary N) is 1. The number of aromatic nitrogens is 2. The summed E-state index contributed by atoms with van der Waals surface area (Å²) in [7, 11) is -0.605. The third-order valence-corrected chi connectivity index (χ3v) is 4.19. The first-order valence-corrected chi connectivity index (χ1v) is 7.11. The molecule has 1 aliphatic heterocycles. The molecule has 1 N–H and O–H groups in total. The first-order chi connectivity index (χ1) is 7.24. The summed E-state index contributed by atoms with van der Waals surface area (Å²) >= 11 is 3.30. The Morgan fingerprint density at radius 1 is 1.40 bits per heavy atom. The zero-order valence-corrected chi connectivity index (χ0v) is 10.6. The zero-order valence-electron chi connectivity index (χ0n) is 8.15. The Morgan fingerprint density at radius 2 is 2.13 bits per heavy atom. The second-order valence-electron chi connectivity index (χ2n) is 3.49. The van der Waals surface area contributed by atoms with E-state index < -0.39 is 10.8 Å². The number of halogens is 1. The van der Waals surface area contributed by atoms with Crippen molar-refractivity contribution in [3.8, 4) is 0 Å². The van der Waals surface area contributed by atoms with Crippen molar-refractivity contribution in [1.29, 1.82) is 0 Å². The normalized spacial score (nSPS) is 26.2. The van der Waals surface area contributed by atoms with Gasteiger partial charge in [-0.2, -0.15) is 0 Å². The second-order valence-corrected chi connectivity index (χ2v) is 6.00. The van der Waals surface area contributed by atoms with Gasteiger partial charge in [0.05, 0.1) is 0 Å². The minimum atomic E-state index is -0.605. The van der Waals surface area contributed by atoms with Crippen LogP contribution in [0, 0.1) is 0 Å². The Hall–Kier alpha value is -0.490. The molecule has 1 aromatic rings. The molecule has 1 fully saturated rings. The zero-order chi connectivity index (χ0) is 10.7. The van der Waals surface area contributed by atoms with Crippen molar-refractivity contribution in [1.82, 2.24) is 9.97 Å². The van der Waals surface area contributed by atoms with E-state index >= 15 is 0 Å². The maximum atomic E-state index is 11.2. The third-order valence-electron chi connectivity index (χ3n) is 2.37. The lowest BCUT2D eigenvalue weighted by Gasteiger charge is -2.22. The Balaban J connectivity index is 1.94. The molecule has 1 aliphatic rings. The molecule has 2 rings (SSSR count). The van der Waals surface area contributed by atoms with E-state index in [0.717, 1.165) is 34.8 Å². The van der Waals surface area contributed by atoms with Crippen LogP contribution >= 0.6 is 15.9 Å². The van der Waals surface area contributed by atoms with Crippen LogP contribution in [0.25, 0.3) is 0 Å². The molecule has 4 nitrogen and oxygen atoms in total. The molecule has 0 bridgehead atoms. The number of hydrogen-bond acceptors (Lipinski definition) is 4. The number of hydrogen-bond donors (Lipinski definition) is 1. The van der Waals surface area contributed by atoms with Gasteiger partial charge in [0, 0.05) is 34.4 Å². The standard InChI is InChI=1S/C9H12BrN3OS/c10-8-5-9(12-6-11-8)13-7-1-3-15(14)4-2-7/h5-7H,1-4H2,(H,11,12,13). The van der Waals surface area contributed by atoms with Crippen LogP contribution in [0.5, 0.6) is 0 Å². The van der Waals surface area contributed by atoms with Crippen LogP contribution in [0.15, 0.2) is 17.0 Å². The minimum Gasteiger partial charge on any atom is -0.367 e. The van der Waals surface area contributed by atoms with Gasteiger partial charge in [-0.3, -0.25) is 4.21 Å². The molecular formula is C9H12BrN3OS. The highest BCUT2D eigenvalue weighted by Gasteiger charge is 2.17. The van der Waals surface area contributed by atoms with E-state index in [1.165, 1.54) is 6.33 Å². The van der Waals surface area contributed by atoms with Gasteiger partial charge in [0.15, 0.2) is 0 Å². The second kappa shape index (κ2) is 5.03. The predicted molar refractivity (Wildman–Crippen MR) is 64.3 cm³/mol. The van der Waals surface area contributed by atoms with E-state index in [1.807, 2.05) is 6.07 Å². The van der Waals surface area contributed by atoms with Crippen molar-refractivity contribution < 1.29 is 4.21 Å². The molecule has 0 aliphatic carbocycles. The molecule has 0 unspecified atom stereocenters. The lowest BCUT2D eigenvalue weighted by Crippen LogP contribution is -2.29. The Bertz CT molecular complexity index is 364. The summed E-state index contributed by atoms with van der Waals surface area (Å²) in [6.45, 7) is 0. The summed E-state index contributed by atoms with van der Waals surface area (Å²) in [5.41, 5.74) is 0. The molecule has 6 heteroatoms. The number of nitrogens with zero attached hydrogens (tertiary/aromatic N) is 2. The maximum absolute atomic E-state index is 11.2. The summed E-state index contributed by atoms with van der Waals surface area (Å²) in [6, 6.07) is 2.25. The van der Waals surface area contributed by atoms with Crippen LogP contribution in [0.2, 0.25) is 0 Å². The highest BCUT2D eigenvalue weighted by atomic mass is 79.9. The Morgan fingerprint density at radius 3 is 2.80 bits per heavy atom. The highest BCUT2D eigenvalue weighted by Crippen LogP contribution is 2.16. The monoisotopic (exact) mass is 289 g/mol. The quantitative estimate of drug-likeness (QED) is 0.840. The van der Waals surface area contributed by atoms with E-state index in [4.69, 9.17) is 0 Å². The molecule has 15 heavy (non-hydrogen) atoms. The smallest absolute Gasteiger partial charge is 0.130 e. The molecule has 1 saturated heterocycles. The largest absolute Gasteiger partial charge is 0.367 e. The van der Waals surface area contributed by atoms with Gasteiger partial charge < -0.3 is 5.32 Å². The fourth-order valence-corrected chi connectivity index (χ4v) is 3.17. The molecule has 0 aromatic carbocycles. The summed E-state index contributed by atoms with van der Waals surface area (Å²) in [6.07, 6.45) is 3.43. The molecule has 0 amide bonds. The third kappa shape index (κ3) is 3.24. The van der Waals surface area contributed by atoms with E-state index in [1.54, 1.807) is 0 Å². The SMILES string of the molecule is O=S1CCC(Nc2cc(Br)ncn2)CC1. The maximum Gasteiger partial charge on any atom is 0.130 e. The lowest BCUT2D eigenvalue weighted by atomic mass is 10.1. The Kier molecular flexibility index (Phi) is 3.69. The van der Waals surface area contributed by atoms with Crippen molar-refractivity contribution >= 4 is 32.5 Å². The average Bonchev–Trinajstić information content (AvgIpc) is 2.22. The summed E-state index contributed by atoms with van der Waals surface area (Å²) in [5.74, 6) is 2.42. The molecular weight excluding hydrogens is 278 g/mol. The van der Waals surface area contributed by atoms with E-state index in [-0.39, 0.29) is 0 Å². The van der Waals surface area contributed by atoms with Gasteiger partial charge in [0.2, 0.25) is 0 Å². The van der Waals surface area contributed by atoms with Crippen LogP contribution in [0.4, 0.5) is 5.82 Å². The first-order valence-electron chi connectivity index (χ1n) is 4.83. The fourth-order valence-electron chi connectivity index (χ4n) is 1.56. The van der Waals surface area contributed by atoms with Crippen LogP contribution < -0.4 is 5.32 Å². The summed E-state index contributed by atoms with van der Waals surface area (Å²) in [4.78, 5) is 8.09. The number of rotatable bonds is 2. The molecule has 0 radical (unpaired) electrons. The molecule has 0 saturated carbocycles. The van der Waals surface area contributed by atoms with Gasteiger partial charge in [0.25, 0.3) is 0 Å². The van der Waals surface area contributed by atoms with E-state index in [0.29, 0.717) is 6.04 Å². The lowest BCUT2D eigenvalue weighted by molar-refractivity contribution is 0.622. The van der Waals surface area contributed by atoms with Gasteiger partial charge >= 0.3 is 0 Å². The summed E-state index contributed by atoms with van der Waals surface area (Å²) < 4.78 is 11.9. The van der Waals surface area contributed by atoms with Gasteiger partial charge in [0.1, 0.15) is 16.7 Å². The van der Waals surface area contributed by atoms with Crippen molar-refractivity contribution in [3.05, 3.63) is 17.0 Å². The molecule has 0 spiro atoms. The van der Waals surface area contributed by atoms with Crippen LogP contribution in [0.1, 0.15) is 12.8 Å². The van der Waals surface area contributed by atoms with Crippen molar-refractivity contribution in [2.75, 3.05) is 16.8 Å². The van der Waals surface area contributed by atoms with E-state index in [9.17, 15) is 4.21 Å². The molecule has 0 atom stereocenters. The Labute approximate surface area is 99.5 Å². The highest BCUT2D eigenvalue weighted by molar-refractivity contribution is 9.10. The summed E-state index contributed by atoms with van der Waals surface area (Å²) in [5, 5.41) is 3.33. The topological polar surface area (TPSA) is 54.9 Å². The molecule has 1 aromatic heterocycles. The predicted octanol–water partition coefficient (Wildman–Crippen LogP) is 1.56. The van der Waals surface area contributed by atoms with E-state index in [2.05, 4.69) is 31.2 Å². The van der Waals surface area contributed by atoms with Gasteiger partial charge in [-0.25, -0.2) is 9.97 Å². The van der Waals surface area contributed by atoms with Gasteiger partial charge in [-0.05, 0) is 28.8 Å². The molecule has 2 heterocycles. The van der Waals surface area contributed by atoms with Crippen molar-refractivity contribution in [3.63, 3.8) is 0 Å². The average molecular weight is 290 g/mol. The van der Waals surface area contributed by atoms with Crippen LogP contribution in [-0.4, -0.2) is 31.7 Å². The van der Waals surface area contributed by atoms with Crippen molar-refractivity contribution in [2.45, 2.75) is 18.9 Å². The van der Waals surface area contributed by atoms with Crippen molar-refractivity contribution in [2.24, 2.45) is 0 Å². The number of anilines is 1. The minimum absolute atomic E-state index is 0.393. The first kappa shape index (κ1) is 11.0. The van der Waals surface area contributed by atoms with Crippen LogP contribution in [0.3, 0.4) is 0 Å². The van der Waals surface area contributed by atoms with Gasteiger partial charge in [-0.1, -0.05) is 0 Å². The molecule has 82 valence electrons. The fraction of sp³-hybridized carbons (Fsp3) is 0.556. The van der Waals surface area contributed by atoms with Gasteiger partial charge in [-0.15, -0.1) is 0 Å².